The molecule has 0 aromatic heterocycles. The fourth-order valence-corrected chi connectivity index (χ4v) is 9.96. The van der Waals surface area contributed by atoms with E-state index in [1.165, 1.54) is 43.5 Å². The summed E-state index contributed by atoms with van der Waals surface area (Å²) in [4.78, 5) is 120. The molecule has 88 heavy (non-hydrogen) atoms. The molecule has 29 heteroatoms. The van der Waals surface area contributed by atoms with Crippen molar-refractivity contribution in [3.8, 4) is 0 Å². The van der Waals surface area contributed by atoms with Gasteiger partial charge in [0.2, 0.25) is 0 Å². The summed E-state index contributed by atoms with van der Waals surface area (Å²) in [5.74, 6) is -5.88. The molecule has 2 atom stereocenters. The van der Waals surface area contributed by atoms with Crippen molar-refractivity contribution in [1.82, 2.24) is 16.0 Å². The Kier molecular flexibility index (Phi) is 38.9. The number of ether oxygens (including phenoxy) is 4. The maximum atomic E-state index is 12.8. The molecule has 0 bridgehead atoms. The molecule has 8 N–H and O–H groups in total. The molecule has 0 aliphatic carbocycles. The lowest BCUT2D eigenvalue weighted by Gasteiger charge is -2.19. The summed E-state index contributed by atoms with van der Waals surface area (Å²) in [6.07, 6.45) is 0.000649. The number of nitrogens with two attached hydrogens (primary N) is 1. The highest BCUT2D eigenvalue weighted by Crippen LogP contribution is 2.31. The number of esters is 4. The van der Waals surface area contributed by atoms with Crippen LogP contribution in [0.4, 0.5) is 0 Å². The molecule has 4 aromatic carbocycles. The number of ketones is 2. The standard InChI is InChI=1S/C29H32BrCl2N3O7.C15H19NO4.C14H15BrCl2N2O4.CH4.2H2S/c1-29(2,3)42-24(37)14-19(33)11-16-6-5-7-17(10-16)26(38)34-15-20(36)8-9-23(28(40)41-4)35-27(39)25-21(31)12-18(30)13-22(25)32;1-15(2,3)20-13(17)9-12(16)8-10-5-4-6-11(7-10)14(18)19;1-23-14(22)11(3-2-8(20)6-18)19-13(21)12-9(16)4-7(15)5-10(12)17;;;/h5-7,10,12-13,23,33H,8-9,11,14-15H2,1-4H3,(H,34,38)(H,35,39);4-7,16H,8-9H2,1-3H3,(H,18,19);4-5,11H,2-3,6,18H2,1H3,(H,19,21);1H4;2*1H2/t23-;;11-;;;/m0.0.../s1. The number of carboxylic acids is 1. The van der Waals surface area contributed by atoms with Crippen LogP contribution in [0.1, 0.15) is 140 Å². The Morgan fingerprint density at radius 2 is 0.932 bits per heavy atom. The van der Waals surface area contributed by atoms with Crippen molar-refractivity contribution in [1.29, 1.82) is 10.8 Å². The van der Waals surface area contributed by atoms with E-state index < -0.39 is 70.9 Å². The van der Waals surface area contributed by atoms with Gasteiger partial charge in [0.15, 0.2) is 5.78 Å². The highest BCUT2D eigenvalue weighted by molar-refractivity contribution is 9.10. The maximum Gasteiger partial charge on any atom is 0.335 e. The summed E-state index contributed by atoms with van der Waals surface area (Å²) in [7, 11) is 2.34. The molecular formula is C59H74Br2Cl4N6O15S2. The molecule has 0 fully saturated rings. The second-order valence-electron chi connectivity index (χ2n) is 20.4. The lowest BCUT2D eigenvalue weighted by atomic mass is 10.0. The molecule has 0 aliphatic heterocycles. The highest BCUT2D eigenvalue weighted by Gasteiger charge is 2.28. The van der Waals surface area contributed by atoms with Gasteiger partial charge in [-0.3, -0.25) is 33.6 Å². The van der Waals surface area contributed by atoms with E-state index in [-0.39, 0.29) is 164 Å². The molecule has 21 nitrogen and oxygen atoms in total. The fraction of sp³-hybridized carbons (Fsp3) is 0.390. The number of halogens is 6. The van der Waals surface area contributed by atoms with Crippen molar-refractivity contribution in [3.63, 3.8) is 0 Å². The predicted octanol–water partition coefficient (Wildman–Crippen LogP) is 11.0. The van der Waals surface area contributed by atoms with Crippen molar-refractivity contribution in [3.05, 3.63) is 135 Å². The Bertz CT molecular complexity index is 3120. The summed E-state index contributed by atoms with van der Waals surface area (Å²) in [6.45, 7) is 10.1. The zero-order valence-electron chi connectivity index (χ0n) is 48.7. The molecular weight excluding hydrogens is 1400 g/mol. The normalized spacial score (nSPS) is 11.1. The van der Waals surface area contributed by atoms with Crippen LogP contribution in [0, 0.1) is 10.8 Å². The van der Waals surface area contributed by atoms with E-state index in [0.29, 0.717) is 20.1 Å². The van der Waals surface area contributed by atoms with Crippen molar-refractivity contribution in [2.24, 2.45) is 5.73 Å². The van der Waals surface area contributed by atoms with E-state index in [9.17, 15) is 47.9 Å². The van der Waals surface area contributed by atoms with Gasteiger partial charge in [-0.2, -0.15) is 27.0 Å². The number of carbonyl (C=O) groups excluding carboxylic acids is 9. The molecule has 484 valence electrons. The summed E-state index contributed by atoms with van der Waals surface area (Å²) in [5.41, 5.74) is 6.12. The number of nitrogens with one attached hydrogen (secondary N) is 5. The SMILES string of the molecule is C.CC(C)(C)OC(=O)CC(=N)Cc1cccc(C(=O)O)c1.COC(=O)[C@H](CCC(=O)CN)NC(=O)c1c(Cl)cc(Br)cc1Cl.COC(=O)[C@H](CCC(=O)CNC(=O)c1cccc(CC(=N)CC(=O)OC(C)(C)C)c1)NC(=O)c1c(Cl)cc(Br)cc1Cl.S.S. The molecule has 4 rings (SSSR count). The average Bonchev–Trinajstić information content (AvgIpc) is 2.09. The van der Waals surface area contributed by atoms with Crippen LogP contribution in [0.2, 0.25) is 20.1 Å². The first-order valence-corrected chi connectivity index (χ1v) is 28.7. The van der Waals surface area contributed by atoms with Crippen LogP contribution >= 0.6 is 105 Å². The van der Waals surface area contributed by atoms with E-state index in [4.69, 9.17) is 82.3 Å². The Balaban J connectivity index is 0. The summed E-state index contributed by atoms with van der Waals surface area (Å²) >= 11 is 30.7. The number of methoxy groups -OCH3 is 2. The number of Topliss-reactive ketones (excluding diaryl/α,β-unsaturated/α-hetero) is 2. The Morgan fingerprint density at radius 1 is 0.580 bits per heavy atom. The van der Waals surface area contributed by atoms with Crippen molar-refractivity contribution >= 4 is 176 Å². The van der Waals surface area contributed by atoms with Gasteiger partial charge in [0.05, 0.1) is 76.9 Å². The Hall–Kier alpha value is -5.90. The third kappa shape index (κ3) is 32.0. The molecule has 0 saturated carbocycles. The third-order valence-corrected chi connectivity index (χ3v) is 13.0. The minimum atomic E-state index is -1.16. The number of aromatic carboxylic acids is 1. The van der Waals surface area contributed by atoms with E-state index in [2.05, 4.69) is 52.5 Å². The van der Waals surface area contributed by atoms with Gasteiger partial charge in [-0.1, -0.05) is 110 Å². The zero-order valence-corrected chi connectivity index (χ0v) is 56.9. The van der Waals surface area contributed by atoms with E-state index in [1.807, 2.05) is 0 Å². The number of hydrogen-bond donors (Lipinski definition) is 7. The van der Waals surface area contributed by atoms with E-state index in [1.54, 1.807) is 77.9 Å². The Labute approximate surface area is 562 Å². The van der Waals surface area contributed by atoms with Gasteiger partial charge in [0.25, 0.3) is 17.7 Å². The van der Waals surface area contributed by atoms with Crippen LogP contribution in [0.3, 0.4) is 0 Å². The first kappa shape index (κ1) is 84.2. The second kappa shape index (κ2) is 40.7. The predicted molar refractivity (Wildman–Crippen MR) is 356 cm³/mol. The number of amides is 3. The zero-order chi connectivity index (χ0) is 64.5. The number of benzene rings is 4. The number of carbonyl (C=O) groups is 10. The van der Waals surface area contributed by atoms with Crippen LogP contribution in [-0.2, 0) is 60.6 Å². The molecule has 0 saturated heterocycles. The second-order valence-corrected chi connectivity index (χ2v) is 23.9. The van der Waals surface area contributed by atoms with Gasteiger partial charge >= 0.3 is 29.8 Å². The maximum absolute atomic E-state index is 12.8. The topological polar surface area (TPSA) is 338 Å². The summed E-state index contributed by atoms with van der Waals surface area (Å²) in [6, 6.07) is 16.7. The molecule has 3 amide bonds. The van der Waals surface area contributed by atoms with Gasteiger partial charge in [-0.15, -0.1) is 0 Å². The van der Waals surface area contributed by atoms with Crippen LogP contribution in [-0.4, -0.2) is 126 Å². The fourth-order valence-electron chi connectivity index (χ4n) is 7.20. The van der Waals surface area contributed by atoms with E-state index >= 15 is 0 Å². The van der Waals surface area contributed by atoms with Crippen molar-refractivity contribution < 1.29 is 72.0 Å². The molecule has 0 heterocycles. The van der Waals surface area contributed by atoms with Crippen LogP contribution in [0.5, 0.6) is 0 Å². The van der Waals surface area contributed by atoms with Gasteiger partial charge in [-0.05, 0) is 114 Å². The van der Waals surface area contributed by atoms with Crippen molar-refractivity contribution in [2.45, 2.75) is 124 Å². The molecule has 0 unspecified atom stereocenters. The first-order valence-electron chi connectivity index (χ1n) is 25.6. The molecule has 0 radical (unpaired) electrons. The minimum Gasteiger partial charge on any atom is -0.478 e. The van der Waals surface area contributed by atoms with Gasteiger partial charge in [0, 0.05) is 51.6 Å². The van der Waals surface area contributed by atoms with Crippen LogP contribution < -0.4 is 21.7 Å². The summed E-state index contributed by atoms with van der Waals surface area (Å²) in [5, 5.41) is 32.7. The van der Waals surface area contributed by atoms with Gasteiger partial charge in [0.1, 0.15) is 29.1 Å². The molecule has 4 aromatic rings. The number of hydrogen-bond acceptors (Lipinski definition) is 17. The van der Waals surface area contributed by atoms with Gasteiger partial charge in [-0.25, -0.2) is 14.4 Å². The monoisotopic (exact) mass is 1470 g/mol. The number of carboxylic acid groups (broad SMARTS) is 1. The third-order valence-electron chi connectivity index (χ3n) is 10.9. The smallest absolute Gasteiger partial charge is 0.335 e. The minimum absolute atomic E-state index is 0. The van der Waals surface area contributed by atoms with Crippen LogP contribution in [0.25, 0.3) is 0 Å². The quantitative estimate of drug-likeness (QED) is 0.0184. The number of rotatable bonds is 25. The van der Waals surface area contributed by atoms with Crippen LogP contribution in [0.15, 0.2) is 81.7 Å². The average molecular weight is 1470 g/mol. The molecule has 0 spiro atoms. The Morgan fingerprint density at radius 3 is 1.27 bits per heavy atom. The lowest BCUT2D eigenvalue weighted by molar-refractivity contribution is -0.154. The summed E-state index contributed by atoms with van der Waals surface area (Å²) < 4.78 is 20.9. The van der Waals surface area contributed by atoms with Crippen molar-refractivity contribution in [2.75, 3.05) is 27.3 Å². The van der Waals surface area contributed by atoms with E-state index in [0.717, 1.165) is 7.11 Å². The lowest BCUT2D eigenvalue weighted by Crippen LogP contribution is -2.42. The first-order chi connectivity index (χ1) is 39.6. The highest BCUT2D eigenvalue weighted by atomic mass is 79.9. The molecule has 0 aliphatic rings. The largest absolute Gasteiger partial charge is 0.478 e. The van der Waals surface area contributed by atoms with Gasteiger partial charge < -0.3 is 56.6 Å².